The van der Waals surface area contributed by atoms with Gasteiger partial charge in [0.1, 0.15) is 0 Å². The lowest BCUT2D eigenvalue weighted by Crippen LogP contribution is -2.03. The largest absolute Gasteiger partial charge is 0.309 e. The fraction of sp³-hybridized carbons (Fsp3) is 0.0222. The minimum absolute atomic E-state index is 0.662. The fourth-order valence-electron chi connectivity index (χ4n) is 7.28. The molecule has 4 nitrogen and oxygen atoms in total. The van der Waals surface area contributed by atoms with Crippen LogP contribution in [-0.2, 0) is 0 Å². The smallest absolute Gasteiger partial charge is 0.235 e. The molecule has 0 spiro atoms. The van der Waals surface area contributed by atoms with Crippen LogP contribution in [0.4, 0.5) is 0 Å². The molecule has 6 aromatic carbocycles. The highest BCUT2D eigenvalue weighted by Crippen LogP contribution is 2.38. The number of allylic oxidation sites excluding steroid dienone is 5. The van der Waals surface area contributed by atoms with Gasteiger partial charge in [-0.2, -0.15) is 0 Å². The van der Waals surface area contributed by atoms with Crippen molar-refractivity contribution in [1.29, 1.82) is 0 Å². The molecule has 0 fully saturated rings. The van der Waals surface area contributed by atoms with E-state index in [2.05, 4.69) is 155 Å². The van der Waals surface area contributed by atoms with Crippen LogP contribution in [0.15, 0.2) is 170 Å². The molecule has 0 aliphatic heterocycles. The van der Waals surface area contributed by atoms with Gasteiger partial charge in [-0.3, -0.25) is 4.57 Å². The summed E-state index contributed by atoms with van der Waals surface area (Å²) < 4.78 is 4.53. The zero-order valence-corrected chi connectivity index (χ0v) is 27.1. The van der Waals surface area contributed by atoms with Crippen LogP contribution in [0.1, 0.15) is 6.92 Å². The topological polar surface area (TPSA) is 35.6 Å². The minimum atomic E-state index is 0.662. The molecule has 0 unspecified atom stereocenters. The molecule has 0 radical (unpaired) electrons. The zero-order chi connectivity index (χ0) is 32.9. The van der Waals surface area contributed by atoms with Crippen molar-refractivity contribution >= 4 is 60.2 Å². The second kappa shape index (κ2) is 11.6. The molecule has 0 amide bonds. The Morgan fingerprint density at radius 1 is 0.551 bits per heavy atom. The molecule has 0 bridgehead atoms. The molecule has 0 N–H and O–H groups in total. The summed E-state index contributed by atoms with van der Waals surface area (Å²) in [5.74, 6) is 0.662. The van der Waals surface area contributed by atoms with E-state index in [1.54, 1.807) is 0 Å². The minimum Gasteiger partial charge on any atom is -0.309 e. The van der Waals surface area contributed by atoms with E-state index in [4.69, 9.17) is 9.97 Å². The van der Waals surface area contributed by atoms with Crippen LogP contribution < -0.4 is 0 Å². The lowest BCUT2D eigenvalue weighted by atomic mass is 10.0. The fourth-order valence-corrected chi connectivity index (χ4v) is 7.28. The molecule has 0 aliphatic carbocycles. The van der Waals surface area contributed by atoms with Crippen LogP contribution in [0.5, 0.6) is 0 Å². The van der Waals surface area contributed by atoms with E-state index in [0.29, 0.717) is 5.95 Å². The predicted molar refractivity (Wildman–Crippen MR) is 207 cm³/mol. The van der Waals surface area contributed by atoms with Crippen molar-refractivity contribution in [1.82, 2.24) is 19.1 Å². The van der Waals surface area contributed by atoms with Gasteiger partial charge in [0.05, 0.1) is 33.3 Å². The van der Waals surface area contributed by atoms with Crippen molar-refractivity contribution in [2.75, 3.05) is 0 Å². The second-order valence-corrected chi connectivity index (χ2v) is 12.3. The first-order valence-electron chi connectivity index (χ1n) is 16.6. The third-order valence-electron chi connectivity index (χ3n) is 9.40. The Kier molecular flexibility index (Phi) is 6.80. The molecule has 0 atom stereocenters. The Morgan fingerprint density at radius 3 is 1.86 bits per heavy atom. The highest BCUT2D eigenvalue weighted by atomic mass is 15.2. The van der Waals surface area contributed by atoms with Crippen LogP contribution in [0, 0.1) is 0 Å². The van der Waals surface area contributed by atoms with Crippen molar-refractivity contribution < 1.29 is 0 Å². The first kappa shape index (κ1) is 28.7. The molecule has 232 valence electrons. The van der Waals surface area contributed by atoms with E-state index in [9.17, 15) is 0 Å². The van der Waals surface area contributed by atoms with E-state index in [1.807, 2.05) is 31.2 Å². The summed E-state index contributed by atoms with van der Waals surface area (Å²) in [6.45, 7) is 6.02. The van der Waals surface area contributed by atoms with Gasteiger partial charge in [0.25, 0.3) is 0 Å². The molecular formula is C45H32N4. The van der Waals surface area contributed by atoms with Crippen LogP contribution in [-0.4, -0.2) is 19.1 Å². The Balaban J connectivity index is 1.25. The van der Waals surface area contributed by atoms with E-state index in [0.717, 1.165) is 55.4 Å². The number of hydrogen-bond acceptors (Lipinski definition) is 2. The SMILES string of the molecule is C=C/C=C(\C=C/C)n1c2ccccc2c2cc(-c3ccc4c(c3)c3ccccc3n4-c3nc(-c4ccccc4)c4ccccc4n3)ccc21. The predicted octanol–water partition coefficient (Wildman–Crippen LogP) is 11.8. The van der Waals surface area contributed by atoms with Crippen molar-refractivity contribution in [2.45, 2.75) is 6.92 Å². The molecule has 0 aliphatic rings. The summed E-state index contributed by atoms with van der Waals surface area (Å²) >= 11 is 0. The number of benzene rings is 6. The molecule has 0 saturated carbocycles. The molecule has 0 saturated heterocycles. The number of para-hydroxylation sites is 3. The van der Waals surface area contributed by atoms with Crippen molar-refractivity contribution in [3.05, 3.63) is 170 Å². The van der Waals surface area contributed by atoms with Crippen molar-refractivity contribution in [2.24, 2.45) is 0 Å². The summed E-state index contributed by atoms with van der Waals surface area (Å²) in [4.78, 5) is 10.4. The van der Waals surface area contributed by atoms with E-state index >= 15 is 0 Å². The van der Waals surface area contributed by atoms with Gasteiger partial charge >= 0.3 is 0 Å². The first-order chi connectivity index (χ1) is 24.2. The monoisotopic (exact) mass is 628 g/mol. The highest BCUT2D eigenvalue weighted by molar-refractivity contribution is 6.13. The Labute approximate surface area is 284 Å². The van der Waals surface area contributed by atoms with Crippen molar-refractivity contribution in [3.8, 4) is 28.3 Å². The summed E-state index contributed by atoms with van der Waals surface area (Å²) in [5, 5.41) is 5.81. The maximum Gasteiger partial charge on any atom is 0.235 e. The van der Waals surface area contributed by atoms with Crippen LogP contribution in [0.2, 0.25) is 0 Å². The average Bonchev–Trinajstić information content (AvgIpc) is 3.67. The molecule has 3 heterocycles. The Bertz CT molecular complexity index is 2790. The maximum atomic E-state index is 5.23. The van der Waals surface area contributed by atoms with Gasteiger partial charge in [0.15, 0.2) is 0 Å². The first-order valence-corrected chi connectivity index (χ1v) is 16.6. The van der Waals surface area contributed by atoms with Gasteiger partial charge in [-0.05, 0) is 72.7 Å². The Hall–Kier alpha value is -6.52. The number of fused-ring (bicyclic) bond motifs is 7. The van der Waals surface area contributed by atoms with Crippen LogP contribution in [0.3, 0.4) is 0 Å². The van der Waals surface area contributed by atoms with Gasteiger partial charge in [-0.15, -0.1) is 0 Å². The van der Waals surface area contributed by atoms with Crippen LogP contribution >= 0.6 is 0 Å². The molecule has 3 aromatic heterocycles. The van der Waals surface area contributed by atoms with E-state index in [1.165, 1.54) is 27.2 Å². The lowest BCUT2D eigenvalue weighted by Gasteiger charge is -2.12. The standard InChI is InChI=1S/C45H32N4/c1-3-14-33(15-4-2)48-40-22-12-9-18-34(40)37-28-31(24-26-42(37)48)32-25-27-43-38(29-32)35-19-10-13-23-41(35)49(43)45-46-39-21-11-8-20-36(39)44(47-45)30-16-6-5-7-17-30/h3-29H,1H2,2H3/b15-4-,33-14+. The molecule has 9 aromatic rings. The van der Waals surface area contributed by atoms with E-state index in [-0.39, 0.29) is 0 Å². The third-order valence-corrected chi connectivity index (χ3v) is 9.40. The highest BCUT2D eigenvalue weighted by Gasteiger charge is 2.18. The maximum absolute atomic E-state index is 5.23. The third kappa shape index (κ3) is 4.61. The quantitative estimate of drug-likeness (QED) is 0.172. The van der Waals surface area contributed by atoms with Crippen LogP contribution in [0.25, 0.3) is 88.5 Å². The Morgan fingerprint density at radius 2 is 1.12 bits per heavy atom. The van der Waals surface area contributed by atoms with Gasteiger partial charge in [-0.1, -0.05) is 116 Å². The van der Waals surface area contributed by atoms with Gasteiger partial charge in [0, 0.05) is 38.2 Å². The average molecular weight is 629 g/mol. The summed E-state index contributed by atoms with van der Waals surface area (Å²) in [7, 11) is 0. The summed E-state index contributed by atoms with van der Waals surface area (Å²) in [6, 6.07) is 49.4. The van der Waals surface area contributed by atoms with Crippen molar-refractivity contribution in [3.63, 3.8) is 0 Å². The zero-order valence-electron chi connectivity index (χ0n) is 27.1. The van der Waals surface area contributed by atoms with E-state index < -0.39 is 0 Å². The molecule has 4 heteroatoms. The number of aromatic nitrogens is 4. The number of nitrogens with zero attached hydrogens (tertiary/aromatic N) is 4. The molecular weight excluding hydrogens is 597 g/mol. The summed E-state index contributed by atoms with van der Waals surface area (Å²) in [5.41, 5.74) is 10.8. The summed E-state index contributed by atoms with van der Waals surface area (Å²) in [6.07, 6.45) is 8.11. The number of hydrogen-bond donors (Lipinski definition) is 0. The van der Waals surface area contributed by atoms with Gasteiger partial charge in [0.2, 0.25) is 5.95 Å². The molecule has 49 heavy (non-hydrogen) atoms. The normalized spacial score (nSPS) is 12.3. The second-order valence-electron chi connectivity index (χ2n) is 12.3. The lowest BCUT2D eigenvalue weighted by molar-refractivity contribution is 1.01. The molecule has 9 rings (SSSR count). The number of rotatable bonds is 6. The van der Waals surface area contributed by atoms with Gasteiger partial charge in [-0.25, -0.2) is 9.97 Å². The van der Waals surface area contributed by atoms with Gasteiger partial charge < -0.3 is 4.57 Å².